The van der Waals surface area contributed by atoms with Crippen molar-refractivity contribution in [2.45, 2.75) is 17.7 Å². The minimum atomic E-state index is -0.518. The molecule has 0 aliphatic rings. The Hall–Kier alpha value is -1.18. The van der Waals surface area contributed by atoms with Crippen LogP contribution < -0.4 is 0 Å². The molecule has 0 fully saturated rings. The van der Waals surface area contributed by atoms with Crippen LogP contribution in [0.3, 0.4) is 0 Å². The Balaban J connectivity index is 3.24. The zero-order valence-electron chi connectivity index (χ0n) is 8.66. The number of rotatable bonds is 3. The zero-order chi connectivity index (χ0) is 12.1. The van der Waals surface area contributed by atoms with Crippen LogP contribution in [-0.2, 0) is 10.6 Å². The van der Waals surface area contributed by atoms with Crippen LogP contribution in [0.1, 0.15) is 28.4 Å². The van der Waals surface area contributed by atoms with Crippen LogP contribution >= 0.6 is 24.2 Å². The van der Waals surface area contributed by atoms with Crippen LogP contribution in [0.15, 0.2) is 17.0 Å². The van der Waals surface area contributed by atoms with E-state index in [0.29, 0.717) is 4.90 Å². The molecule has 0 saturated heterocycles. The number of nitrogens with zero attached hydrogens (tertiary/aromatic N) is 1. The molecule has 84 valence electrons. The van der Waals surface area contributed by atoms with Crippen molar-refractivity contribution in [1.29, 1.82) is 5.26 Å². The topological polar surface area (TPSA) is 50.1 Å². The Kier molecular flexibility index (Phi) is 4.66. The number of hydrogen-bond acceptors (Lipinski definition) is 4. The number of carbonyl (C=O) groups is 1. The Labute approximate surface area is 104 Å². The third kappa shape index (κ3) is 2.69. The van der Waals surface area contributed by atoms with Gasteiger partial charge in [0, 0.05) is 10.8 Å². The van der Waals surface area contributed by atoms with Gasteiger partial charge in [-0.3, -0.25) is 0 Å². The van der Waals surface area contributed by atoms with Gasteiger partial charge in [0.1, 0.15) is 6.07 Å². The van der Waals surface area contributed by atoms with Crippen molar-refractivity contribution in [1.82, 2.24) is 0 Å². The Bertz CT molecular complexity index is 454. The van der Waals surface area contributed by atoms with E-state index in [4.69, 9.17) is 21.6 Å². The van der Waals surface area contributed by atoms with Gasteiger partial charge in [0.25, 0.3) is 0 Å². The summed E-state index contributed by atoms with van der Waals surface area (Å²) < 4.78 is 4.84. The highest BCUT2D eigenvalue weighted by atomic mass is 35.5. The van der Waals surface area contributed by atoms with E-state index in [1.165, 1.54) is 6.07 Å². The van der Waals surface area contributed by atoms with E-state index in [0.717, 1.165) is 5.56 Å². The number of nitriles is 1. The van der Waals surface area contributed by atoms with Crippen molar-refractivity contribution in [2.24, 2.45) is 0 Å². The summed E-state index contributed by atoms with van der Waals surface area (Å²) in [7, 11) is 0. The number of benzene rings is 1. The summed E-state index contributed by atoms with van der Waals surface area (Å²) in [6, 6.07) is 5.01. The molecule has 1 aromatic carbocycles. The first-order chi connectivity index (χ1) is 7.63. The SMILES string of the molecule is CCOC(=O)c1cc(S)c(CCl)cc1C#N. The standard InChI is InChI=1S/C11H10ClNO2S/c1-2-15-11(14)9-4-10(16)7(5-12)3-8(9)6-13/h3-4,16H,2,5H2,1H3. The molecular weight excluding hydrogens is 246 g/mol. The van der Waals surface area contributed by atoms with Gasteiger partial charge in [0.05, 0.1) is 17.7 Å². The highest BCUT2D eigenvalue weighted by molar-refractivity contribution is 7.80. The number of hydrogen-bond donors (Lipinski definition) is 1. The number of halogens is 1. The molecule has 0 N–H and O–H groups in total. The number of ether oxygens (including phenoxy) is 1. The second-order valence-electron chi connectivity index (χ2n) is 2.99. The van der Waals surface area contributed by atoms with E-state index < -0.39 is 5.97 Å². The van der Waals surface area contributed by atoms with Crippen LogP contribution in [0.25, 0.3) is 0 Å². The van der Waals surface area contributed by atoms with Crippen molar-refractivity contribution in [3.63, 3.8) is 0 Å². The highest BCUT2D eigenvalue weighted by Crippen LogP contribution is 2.22. The molecule has 3 nitrogen and oxygen atoms in total. The quantitative estimate of drug-likeness (QED) is 0.513. The van der Waals surface area contributed by atoms with E-state index in [-0.39, 0.29) is 23.6 Å². The summed E-state index contributed by atoms with van der Waals surface area (Å²) in [4.78, 5) is 12.1. The van der Waals surface area contributed by atoms with E-state index in [2.05, 4.69) is 12.6 Å². The maximum atomic E-state index is 11.5. The molecule has 1 aromatic rings. The van der Waals surface area contributed by atoms with Gasteiger partial charge in [-0.15, -0.1) is 24.2 Å². The maximum absolute atomic E-state index is 11.5. The van der Waals surface area contributed by atoms with Gasteiger partial charge in [0.2, 0.25) is 0 Å². The Morgan fingerprint density at radius 2 is 2.31 bits per heavy atom. The number of esters is 1. The summed E-state index contributed by atoms with van der Waals surface area (Å²) >= 11 is 9.87. The van der Waals surface area contributed by atoms with Crippen molar-refractivity contribution in [2.75, 3.05) is 6.61 Å². The molecule has 0 aliphatic heterocycles. The predicted octanol–water partition coefficient (Wildman–Crippen LogP) is 2.76. The monoisotopic (exact) mass is 255 g/mol. The molecular formula is C11H10ClNO2S. The second-order valence-corrected chi connectivity index (χ2v) is 3.74. The minimum Gasteiger partial charge on any atom is -0.462 e. The Morgan fingerprint density at radius 1 is 1.62 bits per heavy atom. The van der Waals surface area contributed by atoms with Gasteiger partial charge in [-0.2, -0.15) is 5.26 Å². The van der Waals surface area contributed by atoms with E-state index >= 15 is 0 Å². The molecule has 1 rings (SSSR count). The molecule has 0 saturated carbocycles. The molecule has 0 aliphatic carbocycles. The van der Waals surface area contributed by atoms with Gasteiger partial charge in [-0.1, -0.05) is 0 Å². The molecule has 0 unspecified atom stereocenters. The van der Waals surface area contributed by atoms with Crippen molar-refractivity contribution in [3.05, 3.63) is 28.8 Å². The van der Waals surface area contributed by atoms with E-state index in [9.17, 15) is 4.79 Å². The highest BCUT2D eigenvalue weighted by Gasteiger charge is 2.15. The molecule has 5 heteroatoms. The van der Waals surface area contributed by atoms with Crippen molar-refractivity contribution < 1.29 is 9.53 Å². The van der Waals surface area contributed by atoms with Crippen LogP contribution in [-0.4, -0.2) is 12.6 Å². The van der Waals surface area contributed by atoms with E-state index in [1.54, 1.807) is 13.0 Å². The fourth-order valence-electron chi connectivity index (χ4n) is 1.21. The molecule has 16 heavy (non-hydrogen) atoms. The van der Waals surface area contributed by atoms with Crippen molar-refractivity contribution >= 4 is 30.2 Å². The summed E-state index contributed by atoms with van der Waals surface area (Å²) in [5.74, 6) is -0.271. The number of carbonyl (C=O) groups excluding carboxylic acids is 1. The first-order valence-electron chi connectivity index (χ1n) is 4.63. The second kappa shape index (κ2) is 5.78. The minimum absolute atomic E-state index is 0.225. The van der Waals surface area contributed by atoms with E-state index in [1.807, 2.05) is 6.07 Å². The Morgan fingerprint density at radius 3 is 2.81 bits per heavy atom. The predicted molar refractivity (Wildman–Crippen MR) is 63.9 cm³/mol. The van der Waals surface area contributed by atoms with Crippen LogP contribution in [0, 0.1) is 11.3 Å². The molecule has 0 radical (unpaired) electrons. The molecule has 0 aromatic heterocycles. The van der Waals surface area contributed by atoms with Crippen LogP contribution in [0.5, 0.6) is 0 Å². The van der Waals surface area contributed by atoms with Crippen molar-refractivity contribution in [3.8, 4) is 6.07 Å². The molecule has 0 bridgehead atoms. The summed E-state index contributed by atoms with van der Waals surface area (Å²) in [6.07, 6.45) is 0. The average Bonchev–Trinajstić information content (AvgIpc) is 2.29. The molecule has 0 heterocycles. The normalized spacial score (nSPS) is 9.62. The lowest BCUT2D eigenvalue weighted by Crippen LogP contribution is -2.07. The maximum Gasteiger partial charge on any atom is 0.339 e. The zero-order valence-corrected chi connectivity index (χ0v) is 10.3. The third-order valence-electron chi connectivity index (χ3n) is 1.98. The third-order valence-corrected chi connectivity index (χ3v) is 2.68. The fraction of sp³-hybridized carbons (Fsp3) is 0.273. The molecule has 0 spiro atoms. The summed E-state index contributed by atoms with van der Waals surface area (Å²) in [5.41, 5.74) is 1.20. The lowest BCUT2D eigenvalue weighted by atomic mass is 10.1. The van der Waals surface area contributed by atoms with Crippen LogP contribution in [0.2, 0.25) is 0 Å². The largest absolute Gasteiger partial charge is 0.462 e. The number of alkyl halides is 1. The summed E-state index contributed by atoms with van der Waals surface area (Å²) in [6.45, 7) is 1.97. The lowest BCUT2D eigenvalue weighted by Gasteiger charge is -2.07. The summed E-state index contributed by atoms with van der Waals surface area (Å²) in [5, 5.41) is 8.92. The van der Waals surface area contributed by atoms with Gasteiger partial charge in [-0.05, 0) is 24.6 Å². The van der Waals surface area contributed by atoms with Gasteiger partial charge in [0.15, 0.2) is 0 Å². The first kappa shape index (κ1) is 12.9. The molecule has 0 atom stereocenters. The first-order valence-corrected chi connectivity index (χ1v) is 5.61. The van der Waals surface area contributed by atoms with Gasteiger partial charge in [-0.25, -0.2) is 4.79 Å². The lowest BCUT2D eigenvalue weighted by molar-refractivity contribution is 0.0525. The van der Waals surface area contributed by atoms with Gasteiger partial charge >= 0.3 is 5.97 Å². The smallest absolute Gasteiger partial charge is 0.339 e. The van der Waals surface area contributed by atoms with Crippen LogP contribution in [0.4, 0.5) is 0 Å². The molecule has 0 amide bonds. The average molecular weight is 256 g/mol. The fourth-order valence-corrected chi connectivity index (χ4v) is 1.80. The van der Waals surface area contributed by atoms with Gasteiger partial charge < -0.3 is 4.74 Å². The number of thiol groups is 1.